The molecule has 18 heavy (non-hydrogen) atoms. The Balaban J connectivity index is 3.91. The third-order valence-corrected chi connectivity index (χ3v) is 3.13. The van der Waals surface area contributed by atoms with E-state index in [2.05, 4.69) is 0 Å². The Morgan fingerprint density at radius 2 is 1.78 bits per heavy atom. The molecule has 7 N–H and O–H groups in total. The minimum Gasteiger partial charge on any atom is -0.480 e. The fourth-order valence-electron chi connectivity index (χ4n) is 1.65. The standard InChI is InChI=1S/C12H25N3O3/c1-8(11(15)12(17)18)5-6-10(16)9(14)4-2-3-7-13/h8-9,11H,2-7,13-15H2,1H3,(H,17,18)/t8-,9?,11-/m0/s1. The lowest BCUT2D eigenvalue weighted by Gasteiger charge is -2.16. The summed E-state index contributed by atoms with van der Waals surface area (Å²) < 4.78 is 0. The maximum Gasteiger partial charge on any atom is 0.320 e. The maximum absolute atomic E-state index is 11.7. The summed E-state index contributed by atoms with van der Waals surface area (Å²) in [5.41, 5.74) is 16.6. The average molecular weight is 259 g/mol. The van der Waals surface area contributed by atoms with Gasteiger partial charge in [0.1, 0.15) is 11.8 Å². The van der Waals surface area contributed by atoms with Gasteiger partial charge < -0.3 is 22.3 Å². The number of hydrogen-bond acceptors (Lipinski definition) is 5. The molecule has 0 heterocycles. The van der Waals surface area contributed by atoms with E-state index in [-0.39, 0.29) is 18.1 Å². The van der Waals surface area contributed by atoms with Crippen LogP contribution in [0.5, 0.6) is 0 Å². The van der Waals surface area contributed by atoms with Gasteiger partial charge in [0.15, 0.2) is 0 Å². The molecule has 0 aromatic heterocycles. The number of ketones is 1. The maximum atomic E-state index is 11.7. The molecule has 0 aliphatic rings. The van der Waals surface area contributed by atoms with Crippen LogP contribution in [0, 0.1) is 5.92 Å². The number of Topliss-reactive ketones (excluding diaryl/α,β-unsaturated/α-hetero) is 1. The molecule has 0 rings (SSSR count). The largest absolute Gasteiger partial charge is 0.480 e. The van der Waals surface area contributed by atoms with Gasteiger partial charge in [-0.05, 0) is 31.7 Å². The molecule has 0 spiro atoms. The highest BCUT2D eigenvalue weighted by atomic mass is 16.4. The number of carbonyl (C=O) groups excluding carboxylic acids is 1. The van der Waals surface area contributed by atoms with Gasteiger partial charge in [-0.25, -0.2) is 0 Å². The molecule has 0 aromatic carbocycles. The Kier molecular flexibility index (Phi) is 8.53. The number of aliphatic carboxylic acids is 1. The van der Waals surface area contributed by atoms with Gasteiger partial charge >= 0.3 is 5.97 Å². The molecule has 0 aliphatic heterocycles. The van der Waals surface area contributed by atoms with E-state index in [1.54, 1.807) is 6.92 Å². The van der Waals surface area contributed by atoms with Crippen molar-refractivity contribution in [2.45, 2.75) is 51.1 Å². The molecule has 3 atom stereocenters. The van der Waals surface area contributed by atoms with Crippen molar-refractivity contribution in [1.82, 2.24) is 0 Å². The van der Waals surface area contributed by atoms with Gasteiger partial charge in [-0.15, -0.1) is 0 Å². The normalized spacial score (nSPS) is 16.0. The molecule has 0 aromatic rings. The quantitative estimate of drug-likeness (QED) is 0.403. The zero-order chi connectivity index (χ0) is 14.1. The fraction of sp³-hybridized carbons (Fsp3) is 0.833. The van der Waals surface area contributed by atoms with Crippen molar-refractivity contribution in [3.05, 3.63) is 0 Å². The summed E-state index contributed by atoms with van der Waals surface area (Å²) in [7, 11) is 0. The van der Waals surface area contributed by atoms with Gasteiger partial charge in [0, 0.05) is 6.42 Å². The zero-order valence-electron chi connectivity index (χ0n) is 11.0. The van der Waals surface area contributed by atoms with Crippen LogP contribution in [0.3, 0.4) is 0 Å². The number of carboxylic acids is 1. The molecule has 0 fully saturated rings. The minimum absolute atomic E-state index is 0.0311. The van der Waals surface area contributed by atoms with Gasteiger partial charge in [-0.3, -0.25) is 9.59 Å². The van der Waals surface area contributed by atoms with Gasteiger partial charge in [0.25, 0.3) is 0 Å². The summed E-state index contributed by atoms with van der Waals surface area (Å²) in [6, 6.07) is -1.39. The molecule has 6 nitrogen and oxygen atoms in total. The van der Waals surface area contributed by atoms with Crippen LogP contribution in [0.1, 0.15) is 39.0 Å². The first-order chi connectivity index (χ1) is 8.40. The summed E-state index contributed by atoms with van der Waals surface area (Å²) in [5.74, 6) is -1.30. The lowest BCUT2D eigenvalue weighted by atomic mass is 9.93. The van der Waals surface area contributed by atoms with Crippen molar-refractivity contribution in [3.8, 4) is 0 Å². The second-order valence-corrected chi connectivity index (χ2v) is 4.74. The highest BCUT2D eigenvalue weighted by Crippen LogP contribution is 2.12. The number of unbranched alkanes of at least 4 members (excludes halogenated alkanes) is 1. The Labute approximate surface area is 108 Å². The van der Waals surface area contributed by atoms with Crippen LogP contribution < -0.4 is 17.2 Å². The van der Waals surface area contributed by atoms with Crippen LogP contribution in [-0.2, 0) is 9.59 Å². The third-order valence-electron chi connectivity index (χ3n) is 3.13. The zero-order valence-corrected chi connectivity index (χ0v) is 11.0. The Bertz CT molecular complexity index is 271. The monoisotopic (exact) mass is 259 g/mol. The molecule has 1 unspecified atom stereocenters. The van der Waals surface area contributed by atoms with Crippen molar-refractivity contribution in [1.29, 1.82) is 0 Å². The molecule has 6 heteroatoms. The van der Waals surface area contributed by atoms with Crippen molar-refractivity contribution in [3.63, 3.8) is 0 Å². The van der Waals surface area contributed by atoms with Crippen molar-refractivity contribution in [2.75, 3.05) is 6.54 Å². The van der Waals surface area contributed by atoms with Crippen LogP contribution in [0.2, 0.25) is 0 Å². The minimum atomic E-state index is -1.04. The summed E-state index contributed by atoms with van der Waals surface area (Å²) in [5, 5.41) is 8.72. The Morgan fingerprint density at radius 3 is 2.28 bits per heavy atom. The number of carbonyl (C=O) groups is 2. The smallest absolute Gasteiger partial charge is 0.320 e. The molecule has 0 saturated heterocycles. The Hall–Kier alpha value is -0.980. The topological polar surface area (TPSA) is 132 Å². The number of nitrogens with two attached hydrogens (primary N) is 3. The lowest BCUT2D eigenvalue weighted by molar-refractivity contribution is -0.140. The summed E-state index contributed by atoms with van der Waals surface area (Å²) in [6.07, 6.45) is 3.08. The fourth-order valence-corrected chi connectivity index (χ4v) is 1.65. The highest BCUT2D eigenvalue weighted by Gasteiger charge is 2.21. The van der Waals surface area contributed by atoms with E-state index < -0.39 is 18.1 Å². The number of carboxylic acid groups (broad SMARTS) is 1. The van der Waals surface area contributed by atoms with Gasteiger partial charge in [0.2, 0.25) is 0 Å². The lowest BCUT2D eigenvalue weighted by Crippen LogP contribution is -2.37. The third kappa shape index (κ3) is 6.68. The molecular formula is C12H25N3O3. The second kappa shape index (κ2) is 9.02. The van der Waals surface area contributed by atoms with Crippen molar-refractivity contribution >= 4 is 11.8 Å². The van der Waals surface area contributed by atoms with E-state index >= 15 is 0 Å². The van der Waals surface area contributed by atoms with E-state index in [0.29, 0.717) is 19.4 Å². The summed E-state index contributed by atoms with van der Waals surface area (Å²) >= 11 is 0. The van der Waals surface area contributed by atoms with E-state index in [1.165, 1.54) is 0 Å². The van der Waals surface area contributed by atoms with E-state index in [4.69, 9.17) is 22.3 Å². The van der Waals surface area contributed by atoms with Gasteiger partial charge in [-0.2, -0.15) is 0 Å². The van der Waals surface area contributed by atoms with Gasteiger partial charge in [0.05, 0.1) is 6.04 Å². The second-order valence-electron chi connectivity index (χ2n) is 4.74. The molecule has 0 amide bonds. The molecule has 0 aliphatic carbocycles. The van der Waals surface area contributed by atoms with Crippen molar-refractivity contribution in [2.24, 2.45) is 23.1 Å². The first kappa shape index (κ1) is 17.0. The van der Waals surface area contributed by atoms with E-state index in [9.17, 15) is 9.59 Å². The first-order valence-electron chi connectivity index (χ1n) is 6.36. The molecule has 0 radical (unpaired) electrons. The van der Waals surface area contributed by atoms with Crippen LogP contribution in [0.4, 0.5) is 0 Å². The number of rotatable bonds is 10. The van der Waals surface area contributed by atoms with E-state index in [1.807, 2.05) is 0 Å². The summed E-state index contributed by atoms with van der Waals surface area (Å²) in [4.78, 5) is 22.3. The molecule has 106 valence electrons. The van der Waals surface area contributed by atoms with E-state index in [0.717, 1.165) is 12.8 Å². The molecule has 0 bridgehead atoms. The Morgan fingerprint density at radius 1 is 1.17 bits per heavy atom. The predicted molar refractivity (Wildman–Crippen MR) is 69.9 cm³/mol. The molecule has 0 saturated carbocycles. The first-order valence-corrected chi connectivity index (χ1v) is 6.36. The predicted octanol–water partition coefficient (Wildman–Crippen LogP) is -0.160. The van der Waals surface area contributed by atoms with Crippen LogP contribution >= 0.6 is 0 Å². The average Bonchev–Trinajstić information content (AvgIpc) is 2.34. The van der Waals surface area contributed by atoms with Gasteiger partial charge in [-0.1, -0.05) is 13.3 Å². The van der Waals surface area contributed by atoms with Crippen LogP contribution in [0.25, 0.3) is 0 Å². The highest BCUT2D eigenvalue weighted by molar-refractivity contribution is 5.83. The number of hydrogen-bond donors (Lipinski definition) is 4. The van der Waals surface area contributed by atoms with Crippen LogP contribution in [0.15, 0.2) is 0 Å². The summed E-state index contributed by atoms with van der Waals surface area (Å²) in [6.45, 7) is 2.33. The van der Waals surface area contributed by atoms with Crippen molar-refractivity contribution < 1.29 is 14.7 Å². The van der Waals surface area contributed by atoms with Crippen LogP contribution in [-0.4, -0.2) is 35.5 Å². The molecular weight excluding hydrogens is 234 g/mol. The SMILES string of the molecule is C[C@@H](CCC(=O)C(N)CCCCN)[C@H](N)C(=O)O.